The molecular weight excluding hydrogens is 282 g/mol. The number of fused-ring (bicyclic) bond motifs is 1. The molecule has 0 saturated heterocycles. The molecule has 0 amide bonds. The summed E-state index contributed by atoms with van der Waals surface area (Å²) in [5.74, 6) is 0. The van der Waals surface area contributed by atoms with Crippen molar-refractivity contribution < 1.29 is 4.74 Å². The molecule has 1 aromatic carbocycles. The molecule has 1 fully saturated rings. The minimum absolute atomic E-state index is 0.460. The summed E-state index contributed by atoms with van der Waals surface area (Å²) in [5, 5.41) is 4.44. The molecule has 0 unspecified atom stereocenters. The third-order valence-electron chi connectivity index (χ3n) is 3.99. The van der Waals surface area contributed by atoms with Crippen molar-refractivity contribution in [3.05, 3.63) is 17.1 Å². The highest BCUT2D eigenvalue weighted by molar-refractivity contribution is 7.18. The summed E-state index contributed by atoms with van der Waals surface area (Å²) >= 11 is 1.68. The van der Waals surface area contributed by atoms with Crippen LogP contribution in [0.3, 0.4) is 0 Å². The SMILES string of the molecule is Cc1nc2cc(NCCOC3CCCCC3)c(N)cc2s1. The van der Waals surface area contributed by atoms with E-state index < -0.39 is 0 Å². The van der Waals surface area contributed by atoms with Gasteiger partial charge < -0.3 is 15.8 Å². The van der Waals surface area contributed by atoms with Crippen molar-refractivity contribution in [2.45, 2.75) is 45.1 Å². The predicted molar refractivity (Wildman–Crippen MR) is 90.1 cm³/mol. The Balaban J connectivity index is 1.53. The van der Waals surface area contributed by atoms with Crippen molar-refractivity contribution in [2.24, 2.45) is 0 Å². The average molecular weight is 305 g/mol. The Kier molecular flexibility index (Phi) is 4.60. The van der Waals surface area contributed by atoms with Crippen molar-refractivity contribution in [3.63, 3.8) is 0 Å². The zero-order valence-electron chi connectivity index (χ0n) is 12.5. The lowest BCUT2D eigenvalue weighted by Crippen LogP contribution is -2.20. The molecule has 0 aliphatic heterocycles. The third-order valence-corrected chi connectivity index (χ3v) is 4.92. The number of thiazole rings is 1. The summed E-state index contributed by atoms with van der Waals surface area (Å²) in [6.07, 6.45) is 6.87. The molecule has 1 saturated carbocycles. The Morgan fingerprint density at radius 1 is 1.33 bits per heavy atom. The minimum Gasteiger partial charge on any atom is -0.397 e. The van der Waals surface area contributed by atoms with Gasteiger partial charge in [-0.15, -0.1) is 11.3 Å². The van der Waals surface area contributed by atoms with E-state index >= 15 is 0 Å². The lowest BCUT2D eigenvalue weighted by molar-refractivity contribution is 0.0347. The molecule has 0 radical (unpaired) electrons. The minimum atomic E-state index is 0.460. The second-order valence-electron chi connectivity index (χ2n) is 5.70. The Morgan fingerprint density at radius 3 is 2.95 bits per heavy atom. The van der Waals surface area contributed by atoms with E-state index in [0.29, 0.717) is 6.10 Å². The number of hydrogen-bond acceptors (Lipinski definition) is 5. The summed E-state index contributed by atoms with van der Waals surface area (Å²) in [7, 11) is 0. The van der Waals surface area contributed by atoms with E-state index in [4.69, 9.17) is 10.5 Å². The quantitative estimate of drug-likeness (QED) is 0.648. The zero-order valence-corrected chi connectivity index (χ0v) is 13.3. The summed E-state index contributed by atoms with van der Waals surface area (Å²) in [6, 6.07) is 4.04. The molecule has 114 valence electrons. The van der Waals surface area contributed by atoms with Crippen molar-refractivity contribution in [1.29, 1.82) is 0 Å². The van der Waals surface area contributed by atoms with Crippen LogP contribution in [0.1, 0.15) is 37.1 Å². The molecule has 0 bridgehead atoms. The Bertz CT molecular complexity index is 605. The number of nitrogen functional groups attached to an aromatic ring is 1. The van der Waals surface area contributed by atoms with Gasteiger partial charge in [0.1, 0.15) is 0 Å². The lowest BCUT2D eigenvalue weighted by Gasteiger charge is -2.22. The molecule has 5 heteroatoms. The lowest BCUT2D eigenvalue weighted by atomic mass is 9.98. The number of benzene rings is 1. The van der Waals surface area contributed by atoms with E-state index in [0.717, 1.165) is 39.8 Å². The highest BCUT2D eigenvalue weighted by atomic mass is 32.1. The predicted octanol–water partition coefficient (Wildman–Crippen LogP) is 3.95. The molecule has 0 spiro atoms. The summed E-state index contributed by atoms with van der Waals surface area (Å²) in [5.41, 5.74) is 8.85. The fourth-order valence-corrected chi connectivity index (χ4v) is 3.76. The van der Waals surface area contributed by atoms with Crippen LogP contribution in [-0.2, 0) is 4.74 Å². The molecule has 1 aliphatic carbocycles. The number of nitrogens with two attached hydrogens (primary N) is 1. The first-order valence-electron chi connectivity index (χ1n) is 7.74. The Morgan fingerprint density at radius 2 is 2.14 bits per heavy atom. The molecule has 1 aromatic heterocycles. The van der Waals surface area contributed by atoms with Gasteiger partial charge in [0.25, 0.3) is 0 Å². The van der Waals surface area contributed by atoms with Gasteiger partial charge in [0.2, 0.25) is 0 Å². The molecule has 1 aliphatic rings. The third kappa shape index (κ3) is 3.66. The van der Waals surface area contributed by atoms with Gasteiger partial charge in [-0.25, -0.2) is 4.98 Å². The number of anilines is 2. The van der Waals surface area contributed by atoms with Crippen molar-refractivity contribution in [2.75, 3.05) is 24.2 Å². The molecule has 2 aromatic rings. The highest BCUT2D eigenvalue weighted by Crippen LogP contribution is 2.29. The van der Waals surface area contributed by atoms with Crippen molar-refractivity contribution >= 4 is 32.9 Å². The van der Waals surface area contributed by atoms with Gasteiger partial charge >= 0.3 is 0 Å². The monoisotopic (exact) mass is 305 g/mol. The number of nitrogens with zero attached hydrogens (tertiary/aromatic N) is 1. The second kappa shape index (κ2) is 6.62. The average Bonchev–Trinajstić information content (AvgIpc) is 2.83. The first-order valence-corrected chi connectivity index (χ1v) is 8.56. The van der Waals surface area contributed by atoms with E-state index in [-0.39, 0.29) is 0 Å². The van der Waals surface area contributed by atoms with Crippen molar-refractivity contribution in [3.8, 4) is 0 Å². The van der Waals surface area contributed by atoms with E-state index in [1.165, 1.54) is 32.1 Å². The zero-order chi connectivity index (χ0) is 14.7. The molecule has 0 atom stereocenters. The maximum Gasteiger partial charge on any atom is 0.0907 e. The van der Waals surface area contributed by atoms with Crippen LogP contribution in [-0.4, -0.2) is 24.2 Å². The van der Waals surface area contributed by atoms with Gasteiger partial charge in [0.05, 0.1) is 39.3 Å². The molecule has 21 heavy (non-hydrogen) atoms. The van der Waals surface area contributed by atoms with E-state index in [9.17, 15) is 0 Å². The molecule has 3 N–H and O–H groups in total. The number of aromatic nitrogens is 1. The van der Waals surface area contributed by atoms with E-state index in [1.807, 2.05) is 19.1 Å². The van der Waals surface area contributed by atoms with Gasteiger partial charge in [-0.2, -0.15) is 0 Å². The normalized spacial score (nSPS) is 16.4. The van der Waals surface area contributed by atoms with Gasteiger partial charge in [-0.1, -0.05) is 19.3 Å². The van der Waals surface area contributed by atoms with E-state index in [2.05, 4.69) is 10.3 Å². The molecular formula is C16H23N3OS. The number of hydrogen-bond donors (Lipinski definition) is 2. The number of rotatable bonds is 5. The summed E-state index contributed by atoms with van der Waals surface area (Å²) < 4.78 is 7.07. The number of ether oxygens (including phenoxy) is 1. The first-order chi connectivity index (χ1) is 10.2. The van der Waals surface area contributed by atoms with Crippen LogP contribution in [0.4, 0.5) is 11.4 Å². The van der Waals surface area contributed by atoms with Gasteiger partial charge in [0, 0.05) is 6.54 Å². The van der Waals surface area contributed by atoms with Crippen LogP contribution < -0.4 is 11.1 Å². The summed E-state index contributed by atoms with van der Waals surface area (Å²) in [6.45, 7) is 3.54. The first kappa shape index (κ1) is 14.6. The smallest absolute Gasteiger partial charge is 0.0907 e. The topological polar surface area (TPSA) is 60.2 Å². The largest absolute Gasteiger partial charge is 0.397 e. The van der Waals surface area contributed by atoms with Crippen LogP contribution in [0.2, 0.25) is 0 Å². The van der Waals surface area contributed by atoms with Crippen LogP contribution in [0, 0.1) is 6.92 Å². The fraction of sp³-hybridized carbons (Fsp3) is 0.562. The van der Waals surface area contributed by atoms with E-state index in [1.54, 1.807) is 11.3 Å². The molecule has 1 heterocycles. The van der Waals surface area contributed by atoms with Crippen molar-refractivity contribution in [1.82, 2.24) is 4.98 Å². The maximum absolute atomic E-state index is 6.10. The van der Waals surface area contributed by atoms with Gasteiger partial charge in [-0.3, -0.25) is 0 Å². The standard InChI is InChI=1S/C16H23N3OS/c1-11-19-15-10-14(13(17)9-16(15)21-11)18-7-8-20-12-5-3-2-4-6-12/h9-10,12,18H,2-8,17H2,1H3. The number of aryl methyl sites for hydroxylation is 1. The Hall–Kier alpha value is -1.33. The van der Waals surface area contributed by atoms with Crippen LogP contribution in [0.5, 0.6) is 0 Å². The van der Waals surface area contributed by atoms with Crippen LogP contribution in [0.15, 0.2) is 12.1 Å². The maximum atomic E-state index is 6.10. The molecule has 4 nitrogen and oxygen atoms in total. The second-order valence-corrected chi connectivity index (χ2v) is 6.93. The van der Waals surface area contributed by atoms with Gasteiger partial charge in [0.15, 0.2) is 0 Å². The highest BCUT2D eigenvalue weighted by Gasteiger charge is 2.13. The number of nitrogens with one attached hydrogen (secondary N) is 1. The van der Waals surface area contributed by atoms with Crippen LogP contribution >= 0.6 is 11.3 Å². The fourth-order valence-electron chi connectivity index (χ4n) is 2.90. The molecule has 3 rings (SSSR count). The van der Waals surface area contributed by atoms with Crippen LogP contribution in [0.25, 0.3) is 10.2 Å². The Labute approximate surface area is 129 Å². The van der Waals surface area contributed by atoms with Gasteiger partial charge in [-0.05, 0) is 31.9 Å². The summed E-state index contributed by atoms with van der Waals surface area (Å²) in [4.78, 5) is 4.51.